The van der Waals surface area contributed by atoms with Gasteiger partial charge in [0.1, 0.15) is 0 Å². The van der Waals surface area contributed by atoms with Crippen molar-refractivity contribution in [2.45, 2.75) is 0 Å². The maximum Gasteiger partial charge on any atom is 0.000496 e. The summed E-state index contributed by atoms with van der Waals surface area (Å²) in [4.78, 5) is 2.86. The van der Waals surface area contributed by atoms with Crippen LogP contribution in [-0.4, -0.2) is 4.98 Å². The molecular formula is C4H5AgCuN. The Hall–Kier alpha value is 0.540. The summed E-state index contributed by atoms with van der Waals surface area (Å²) in [5, 5.41) is 0. The van der Waals surface area contributed by atoms with Crippen LogP contribution in [0, 0.1) is 0 Å². The fraction of sp³-hybridized carbons (Fsp3) is 0. The van der Waals surface area contributed by atoms with E-state index in [1.165, 1.54) is 0 Å². The minimum absolute atomic E-state index is 0. The molecule has 0 aliphatic carbocycles. The molecule has 2 radical (unpaired) electrons. The summed E-state index contributed by atoms with van der Waals surface area (Å²) in [6.45, 7) is 0. The molecule has 1 aromatic rings. The van der Waals surface area contributed by atoms with E-state index in [0.29, 0.717) is 0 Å². The van der Waals surface area contributed by atoms with Crippen molar-refractivity contribution in [3.05, 3.63) is 24.5 Å². The van der Waals surface area contributed by atoms with Gasteiger partial charge >= 0.3 is 0 Å². The van der Waals surface area contributed by atoms with Crippen molar-refractivity contribution in [2.75, 3.05) is 0 Å². The minimum Gasteiger partial charge on any atom is -0.368 e. The number of aromatic nitrogens is 1. The van der Waals surface area contributed by atoms with Gasteiger partial charge in [-0.2, -0.15) is 0 Å². The Kier molecular flexibility index (Phi) is 9.82. The van der Waals surface area contributed by atoms with Crippen molar-refractivity contribution in [3.8, 4) is 0 Å². The number of aromatic amines is 1. The maximum atomic E-state index is 2.86. The van der Waals surface area contributed by atoms with Crippen LogP contribution < -0.4 is 0 Å². The van der Waals surface area contributed by atoms with Gasteiger partial charge in [-0.25, -0.2) is 0 Å². The Morgan fingerprint density at radius 1 is 1.00 bits per heavy atom. The van der Waals surface area contributed by atoms with E-state index in [9.17, 15) is 0 Å². The number of nitrogens with one attached hydrogen (secondary N) is 1. The molecule has 0 amide bonds. The zero-order chi connectivity index (χ0) is 3.54. The summed E-state index contributed by atoms with van der Waals surface area (Å²) >= 11 is 0. The third kappa shape index (κ3) is 4.39. The van der Waals surface area contributed by atoms with E-state index in [0.717, 1.165) is 0 Å². The molecule has 0 aromatic carbocycles. The molecule has 0 saturated carbocycles. The monoisotopic (exact) mass is 237 g/mol. The van der Waals surface area contributed by atoms with Gasteiger partial charge < -0.3 is 4.98 Å². The van der Waals surface area contributed by atoms with Crippen LogP contribution in [0.4, 0.5) is 0 Å². The largest absolute Gasteiger partial charge is 0.368 e. The molecule has 1 aromatic heterocycles. The summed E-state index contributed by atoms with van der Waals surface area (Å²) in [5.41, 5.74) is 0. The van der Waals surface area contributed by atoms with Crippen molar-refractivity contribution in [1.82, 2.24) is 4.98 Å². The average Bonchev–Trinajstić information content (AvgIpc) is 1.76. The third-order valence-corrected chi connectivity index (χ3v) is 0.496. The summed E-state index contributed by atoms with van der Waals surface area (Å²) in [6.07, 6.45) is 3.75. The molecule has 0 unspecified atom stereocenters. The van der Waals surface area contributed by atoms with Crippen molar-refractivity contribution in [1.29, 1.82) is 0 Å². The van der Waals surface area contributed by atoms with E-state index in [4.69, 9.17) is 0 Å². The molecule has 7 heavy (non-hydrogen) atoms. The smallest absolute Gasteiger partial charge is 0.000496 e. The molecule has 3 heteroatoms. The van der Waals surface area contributed by atoms with Crippen molar-refractivity contribution in [2.24, 2.45) is 0 Å². The van der Waals surface area contributed by atoms with Crippen LogP contribution >= 0.6 is 0 Å². The van der Waals surface area contributed by atoms with E-state index in [1.54, 1.807) is 0 Å². The first-order chi connectivity index (χ1) is 2.50. The third-order valence-electron chi connectivity index (χ3n) is 0.496. The Balaban J connectivity index is 0. The van der Waals surface area contributed by atoms with Crippen LogP contribution in [0.2, 0.25) is 0 Å². The zero-order valence-electron chi connectivity index (χ0n) is 3.41. The number of hydrogen-bond acceptors (Lipinski definition) is 0. The minimum atomic E-state index is 0. The van der Waals surface area contributed by atoms with Crippen molar-refractivity contribution < 1.29 is 39.4 Å². The molecule has 0 fully saturated rings. The molecule has 0 aliphatic heterocycles. The second-order valence-corrected chi connectivity index (χ2v) is 0.885. The molecule has 0 aliphatic rings. The van der Waals surface area contributed by atoms with E-state index < -0.39 is 0 Å². The predicted molar refractivity (Wildman–Crippen MR) is 20.8 cm³/mol. The Morgan fingerprint density at radius 2 is 1.43 bits per heavy atom. The average molecular weight is 239 g/mol. The van der Waals surface area contributed by atoms with Gasteiger partial charge in [-0.05, 0) is 12.1 Å². The van der Waals surface area contributed by atoms with Crippen LogP contribution in [0.5, 0.6) is 0 Å². The molecule has 1 N–H and O–H groups in total. The molecule has 0 spiro atoms. The first kappa shape index (κ1) is 10.5. The normalized spacial score (nSPS) is 5.71. The SMILES string of the molecule is [Ag].[Cu].c1cc[nH]c1. The standard InChI is InChI=1S/C4H5N.Ag.Cu/c1-2-4-5-3-1;;/h1-5H;;. The van der Waals surface area contributed by atoms with Gasteiger partial charge in [0.25, 0.3) is 0 Å². The van der Waals surface area contributed by atoms with Crippen LogP contribution in [0.3, 0.4) is 0 Å². The quantitative estimate of drug-likeness (QED) is 0.650. The summed E-state index contributed by atoms with van der Waals surface area (Å²) < 4.78 is 0. The van der Waals surface area contributed by atoms with Gasteiger partial charge in [-0.3, -0.25) is 0 Å². The second kappa shape index (κ2) is 6.54. The fourth-order valence-electron chi connectivity index (χ4n) is 0.278. The van der Waals surface area contributed by atoms with Crippen molar-refractivity contribution >= 4 is 0 Å². The van der Waals surface area contributed by atoms with Gasteiger partial charge in [-0.1, -0.05) is 0 Å². The molecular weight excluding hydrogens is 233 g/mol. The van der Waals surface area contributed by atoms with Gasteiger partial charge in [0.2, 0.25) is 0 Å². The number of H-pyrrole nitrogens is 1. The van der Waals surface area contributed by atoms with Crippen LogP contribution in [0.1, 0.15) is 0 Å². The van der Waals surface area contributed by atoms with E-state index in [2.05, 4.69) is 4.98 Å². The predicted octanol–water partition coefficient (Wildman–Crippen LogP) is 1.01. The summed E-state index contributed by atoms with van der Waals surface area (Å²) in [7, 11) is 0. The first-order valence-corrected chi connectivity index (χ1v) is 1.58. The maximum absolute atomic E-state index is 2.86. The Morgan fingerprint density at radius 3 is 1.57 bits per heavy atom. The van der Waals surface area contributed by atoms with Gasteiger partial charge in [0.15, 0.2) is 0 Å². The molecule has 0 bridgehead atoms. The van der Waals surface area contributed by atoms with E-state index in [-0.39, 0.29) is 39.4 Å². The van der Waals surface area contributed by atoms with Gasteiger partial charge in [0.05, 0.1) is 0 Å². The number of rotatable bonds is 0. The summed E-state index contributed by atoms with van der Waals surface area (Å²) in [6, 6.07) is 3.89. The van der Waals surface area contributed by atoms with Crippen molar-refractivity contribution in [3.63, 3.8) is 0 Å². The topological polar surface area (TPSA) is 15.8 Å². The Bertz CT molecular complexity index is 68.2. The zero-order valence-corrected chi connectivity index (χ0v) is 5.84. The molecule has 1 heterocycles. The molecule has 48 valence electrons. The second-order valence-electron chi connectivity index (χ2n) is 0.885. The van der Waals surface area contributed by atoms with E-state index in [1.807, 2.05) is 24.5 Å². The molecule has 0 atom stereocenters. The molecule has 1 nitrogen and oxygen atoms in total. The fourth-order valence-corrected chi connectivity index (χ4v) is 0.278. The molecule has 1 rings (SSSR count). The van der Waals surface area contributed by atoms with Gasteiger partial charge in [-0.15, -0.1) is 0 Å². The molecule has 0 saturated heterocycles. The van der Waals surface area contributed by atoms with Crippen LogP contribution in [0.15, 0.2) is 24.5 Å². The van der Waals surface area contributed by atoms with Crippen LogP contribution in [0.25, 0.3) is 0 Å². The van der Waals surface area contributed by atoms with E-state index >= 15 is 0 Å². The van der Waals surface area contributed by atoms with Gasteiger partial charge in [0, 0.05) is 51.8 Å². The Labute approximate surface area is 68.9 Å². The first-order valence-electron chi connectivity index (χ1n) is 1.58. The summed E-state index contributed by atoms with van der Waals surface area (Å²) in [5.74, 6) is 0. The number of hydrogen-bond donors (Lipinski definition) is 1. The van der Waals surface area contributed by atoms with Crippen LogP contribution in [-0.2, 0) is 39.4 Å².